The number of hydrogen-bond acceptors (Lipinski definition) is 9. The number of benzene rings is 2. The highest BCUT2D eigenvalue weighted by molar-refractivity contribution is 7.53. The van der Waals surface area contributed by atoms with Crippen molar-refractivity contribution in [3.05, 3.63) is 87.7 Å². The molecule has 3 N–H and O–H groups in total. The third-order valence-corrected chi connectivity index (χ3v) is 7.34. The lowest BCUT2D eigenvalue weighted by atomic mass is 10.1. The summed E-state index contributed by atoms with van der Waals surface area (Å²) < 4.78 is 45.3. The summed E-state index contributed by atoms with van der Waals surface area (Å²) in [6.07, 6.45) is 1.31. The first-order valence-electron chi connectivity index (χ1n) is 11.7. The lowest BCUT2D eigenvalue weighted by Crippen LogP contribution is -2.15. The Morgan fingerprint density at radius 2 is 1.95 bits per heavy atom. The number of carbonyl (C=O) groups excluding carboxylic acids is 1. The molecule has 1 unspecified atom stereocenters. The first-order chi connectivity index (χ1) is 18.2. The number of imidazole rings is 1. The van der Waals surface area contributed by atoms with E-state index in [1.807, 2.05) is 6.92 Å². The van der Waals surface area contributed by atoms with Gasteiger partial charge in [0.25, 0.3) is 5.56 Å². The van der Waals surface area contributed by atoms with E-state index in [0.29, 0.717) is 23.3 Å². The largest absolute Gasteiger partial charge is 0.379 e. The van der Waals surface area contributed by atoms with Crippen molar-refractivity contribution in [2.45, 2.75) is 20.1 Å². The number of aryl methyl sites for hydroxylation is 1. The van der Waals surface area contributed by atoms with E-state index < -0.39 is 25.6 Å². The van der Waals surface area contributed by atoms with E-state index in [2.05, 4.69) is 15.0 Å². The number of aromatic nitrogens is 4. The van der Waals surface area contributed by atoms with Crippen LogP contribution in [0.25, 0.3) is 11.2 Å². The average molecular weight is 543 g/mol. The van der Waals surface area contributed by atoms with Crippen molar-refractivity contribution in [2.24, 2.45) is 0 Å². The number of ether oxygens (including phenoxy) is 1. The minimum Gasteiger partial charge on any atom is -0.379 e. The standard InChI is InChI=1S/C25H27FN5O6P/c1-17-5-7-19(8-6-17)21(32)15-37-38(34,36-14-18-3-2-4-20(26)13-18)12-11-35-10-9-31-16-28-22-23(31)29-25(27)30-24(22)33/h2-8,13,16H,9-12,14-15H2,1H3,(H3,27,29,30,33). The highest BCUT2D eigenvalue weighted by atomic mass is 31.2. The van der Waals surface area contributed by atoms with E-state index in [1.165, 1.54) is 24.5 Å². The van der Waals surface area contributed by atoms with Crippen molar-refractivity contribution in [1.29, 1.82) is 0 Å². The van der Waals surface area contributed by atoms with Crippen molar-refractivity contribution >= 4 is 30.5 Å². The third-order valence-electron chi connectivity index (χ3n) is 5.56. The molecule has 0 aliphatic rings. The lowest BCUT2D eigenvalue weighted by molar-refractivity contribution is 0.0885. The number of halogens is 1. The summed E-state index contributed by atoms with van der Waals surface area (Å²) in [4.78, 5) is 35.0. The van der Waals surface area contributed by atoms with Crippen LogP contribution in [0.15, 0.2) is 59.7 Å². The molecule has 0 bridgehead atoms. The highest BCUT2D eigenvalue weighted by Crippen LogP contribution is 2.48. The SMILES string of the molecule is Cc1ccc(C(=O)COP(=O)(CCOCCn2cnc3c(=O)[nH]c(N)nc32)OCc2cccc(F)c2)cc1. The first-order valence-corrected chi connectivity index (χ1v) is 13.5. The quantitative estimate of drug-likeness (QED) is 0.147. The molecule has 0 amide bonds. The molecule has 4 aromatic rings. The Balaban J connectivity index is 1.35. The maximum absolute atomic E-state index is 13.5. The van der Waals surface area contributed by atoms with Gasteiger partial charge in [0.1, 0.15) is 12.4 Å². The number of ketones is 1. The molecule has 2 aromatic heterocycles. The van der Waals surface area contributed by atoms with Crippen LogP contribution in [0.1, 0.15) is 21.5 Å². The average Bonchev–Trinajstić information content (AvgIpc) is 3.29. The van der Waals surface area contributed by atoms with Crippen molar-refractivity contribution in [3.63, 3.8) is 0 Å². The first kappa shape index (κ1) is 27.3. The summed E-state index contributed by atoms with van der Waals surface area (Å²) in [7, 11) is -3.80. The molecule has 0 radical (unpaired) electrons. The van der Waals surface area contributed by atoms with Gasteiger partial charge in [-0.2, -0.15) is 4.98 Å². The van der Waals surface area contributed by atoms with Gasteiger partial charge in [-0.15, -0.1) is 0 Å². The van der Waals surface area contributed by atoms with Crippen LogP contribution in [0.3, 0.4) is 0 Å². The number of anilines is 1. The monoisotopic (exact) mass is 543 g/mol. The van der Waals surface area contributed by atoms with E-state index >= 15 is 0 Å². The molecule has 4 rings (SSSR count). The number of nitrogens with one attached hydrogen (secondary N) is 1. The van der Waals surface area contributed by atoms with Crippen LogP contribution in [0, 0.1) is 12.7 Å². The number of hydrogen-bond donors (Lipinski definition) is 2. The molecule has 2 heterocycles. The van der Waals surface area contributed by atoms with Crippen LogP contribution in [0.2, 0.25) is 0 Å². The molecule has 38 heavy (non-hydrogen) atoms. The van der Waals surface area contributed by atoms with Crippen LogP contribution < -0.4 is 11.3 Å². The second-order valence-electron chi connectivity index (χ2n) is 8.47. The van der Waals surface area contributed by atoms with Gasteiger partial charge >= 0.3 is 7.60 Å². The Labute approximate surface area is 217 Å². The summed E-state index contributed by atoms with van der Waals surface area (Å²) in [6.45, 7) is 1.74. The van der Waals surface area contributed by atoms with E-state index in [1.54, 1.807) is 34.9 Å². The van der Waals surface area contributed by atoms with Gasteiger partial charge in [0, 0.05) is 12.1 Å². The zero-order valence-electron chi connectivity index (χ0n) is 20.6. The zero-order valence-corrected chi connectivity index (χ0v) is 21.5. The van der Waals surface area contributed by atoms with Gasteiger partial charge in [0.15, 0.2) is 16.9 Å². The fourth-order valence-corrected chi connectivity index (χ4v) is 4.87. The maximum Gasteiger partial charge on any atom is 0.333 e. The van der Waals surface area contributed by atoms with Gasteiger partial charge in [0.2, 0.25) is 5.95 Å². The molecule has 0 fully saturated rings. The molecule has 0 saturated carbocycles. The second-order valence-corrected chi connectivity index (χ2v) is 10.7. The maximum atomic E-state index is 13.5. The molecule has 13 heteroatoms. The fourth-order valence-electron chi connectivity index (χ4n) is 3.52. The number of nitrogens with two attached hydrogens (primary N) is 1. The van der Waals surface area contributed by atoms with Gasteiger partial charge < -0.3 is 24.1 Å². The number of nitrogen functional groups attached to an aromatic ring is 1. The molecule has 0 aliphatic carbocycles. The van der Waals surface area contributed by atoms with Gasteiger partial charge in [-0.25, -0.2) is 9.37 Å². The highest BCUT2D eigenvalue weighted by Gasteiger charge is 2.26. The van der Waals surface area contributed by atoms with E-state index in [-0.39, 0.29) is 43.2 Å². The van der Waals surface area contributed by atoms with Gasteiger partial charge in [-0.05, 0) is 24.6 Å². The molecular weight excluding hydrogens is 516 g/mol. The molecule has 11 nitrogen and oxygen atoms in total. The predicted molar refractivity (Wildman–Crippen MR) is 139 cm³/mol. The fraction of sp³-hybridized carbons (Fsp3) is 0.280. The summed E-state index contributed by atoms with van der Waals surface area (Å²) in [5, 5.41) is 0. The molecule has 1 atom stereocenters. The third kappa shape index (κ3) is 7.20. The lowest BCUT2D eigenvalue weighted by Gasteiger charge is -2.19. The molecule has 200 valence electrons. The number of fused-ring (bicyclic) bond motifs is 1. The molecular formula is C25H27FN5O6P. The number of Topliss-reactive ketones (excluding diaryl/α,β-unsaturated/α-hetero) is 1. The predicted octanol–water partition coefficient (Wildman–Crippen LogP) is 3.48. The van der Waals surface area contributed by atoms with Gasteiger partial charge in [-0.1, -0.05) is 42.0 Å². The van der Waals surface area contributed by atoms with Crippen LogP contribution in [-0.2, 0) is 31.5 Å². The van der Waals surface area contributed by atoms with Gasteiger partial charge in [0.05, 0.1) is 32.3 Å². The molecule has 2 aromatic carbocycles. The van der Waals surface area contributed by atoms with Crippen LogP contribution >= 0.6 is 7.60 Å². The number of aromatic amines is 1. The number of nitrogens with zero attached hydrogens (tertiary/aromatic N) is 3. The summed E-state index contributed by atoms with van der Waals surface area (Å²) in [5.74, 6) is -0.835. The van der Waals surface area contributed by atoms with Crippen molar-refractivity contribution in [1.82, 2.24) is 19.5 Å². The normalized spacial score (nSPS) is 13.0. The number of rotatable bonds is 13. The van der Waals surface area contributed by atoms with Crippen LogP contribution in [0.4, 0.5) is 10.3 Å². The Morgan fingerprint density at radius 1 is 1.16 bits per heavy atom. The summed E-state index contributed by atoms with van der Waals surface area (Å²) in [6, 6.07) is 12.6. The van der Waals surface area contributed by atoms with Crippen LogP contribution in [-0.4, -0.2) is 51.3 Å². The Bertz CT molecular complexity index is 1520. The van der Waals surface area contributed by atoms with Crippen LogP contribution in [0.5, 0.6) is 0 Å². The number of H-pyrrole nitrogens is 1. The van der Waals surface area contributed by atoms with Crippen molar-refractivity contribution < 1.29 is 27.5 Å². The van der Waals surface area contributed by atoms with Crippen molar-refractivity contribution in [3.8, 4) is 0 Å². The zero-order chi connectivity index (χ0) is 27.1. The molecule has 0 spiro atoms. The van der Waals surface area contributed by atoms with E-state index in [9.17, 15) is 18.5 Å². The van der Waals surface area contributed by atoms with Crippen molar-refractivity contribution in [2.75, 3.05) is 31.7 Å². The summed E-state index contributed by atoms with van der Waals surface area (Å²) in [5.41, 5.74) is 7.52. The second kappa shape index (κ2) is 12.2. The molecule has 0 saturated heterocycles. The topological polar surface area (TPSA) is 151 Å². The Morgan fingerprint density at radius 3 is 2.71 bits per heavy atom. The van der Waals surface area contributed by atoms with Gasteiger partial charge in [-0.3, -0.25) is 19.1 Å². The number of carbonyl (C=O) groups is 1. The Kier molecular flexibility index (Phi) is 8.80. The van der Waals surface area contributed by atoms with E-state index in [0.717, 1.165) is 5.56 Å². The smallest absolute Gasteiger partial charge is 0.333 e. The molecule has 0 aliphatic heterocycles. The summed E-state index contributed by atoms with van der Waals surface area (Å²) >= 11 is 0. The minimum absolute atomic E-state index is 0.0120. The van der Waals surface area contributed by atoms with E-state index in [4.69, 9.17) is 19.5 Å². The minimum atomic E-state index is -3.80. The Hall–Kier alpha value is -3.70.